The number of para-hydroxylation sites is 3. The molecule has 2 aliphatic heterocycles. The average Bonchev–Trinajstić information content (AvgIpc) is 1.55. The molecule has 2 aliphatic carbocycles. The maximum Gasteiger partial charge on any atom is 0.164 e. The molecule has 0 N–H and O–H groups in total. The van der Waals surface area contributed by atoms with E-state index in [0.29, 0.717) is 34.9 Å². The molecule has 2 spiro atoms. The Morgan fingerprint density at radius 1 is 0.160 bits per heavy atom. The summed E-state index contributed by atoms with van der Waals surface area (Å²) in [6, 6.07) is 151. The first-order valence-corrected chi connectivity index (χ1v) is 42.3. The van der Waals surface area contributed by atoms with E-state index in [1.807, 2.05) is 24.3 Å². The van der Waals surface area contributed by atoms with Crippen LogP contribution >= 0.6 is 0 Å². The van der Waals surface area contributed by atoms with Gasteiger partial charge in [0.15, 0.2) is 34.9 Å². The molecule has 25 rings (SSSR count). The number of benzene rings is 18. The number of furan rings is 1. The smallest absolute Gasteiger partial charge is 0.164 e. The van der Waals surface area contributed by atoms with Crippen LogP contribution in [0.1, 0.15) is 44.5 Å². The lowest BCUT2D eigenvalue weighted by Gasteiger charge is -2.39. The second kappa shape index (κ2) is 28.5. The summed E-state index contributed by atoms with van der Waals surface area (Å²) in [7, 11) is 0. The molecule has 18 aromatic carbocycles. The molecule has 0 saturated carbocycles. The third kappa shape index (κ3) is 11.5. The zero-order valence-electron chi connectivity index (χ0n) is 67.3. The molecule has 9 heteroatoms. The van der Waals surface area contributed by atoms with Gasteiger partial charge in [-0.3, -0.25) is 0 Å². The van der Waals surface area contributed by atoms with E-state index in [9.17, 15) is 0 Å². The fourth-order valence-corrected chi connectivity index (χ4v) is 20.0. The fourth-order valence-electron chi connectivity index (χ4n) is 20.0. The third-order valence-electron chi connectivity index (χ3n) is 25.8. The van der Waals surface area contributed by atoms with Crippen LogP contribution in [0.3, 0.4) is 0 Å². The number of nitrogens with zero attached hydrogens (tertiary/aromatic N) is 6. The van der Waals surface area contributed by atoms with Gasteiger partial charge >= 0.3 is 0 Å². The Morgan fingerprint density at radius 2 is 0.424 bits per heavy atom. The van der Waals surface area contributed by atoms with Crippen molar-refractivity contribution >= 4 is 21.9 Å². The molecule has 4 aliphatic rings. The number of fused-ring (bicyclic) bond motifs is 21. The van der Waals surface area contributed by atoms with Crippen molar-refractivity contribution in [3.05, 3.63) is 469 Å². The number of hydrogen-bond donors (Lipinski definition) is 0. The minimum atomic E-state index is -0.718. The molecule has 0 bridgehead atoms. The second-order valence-corrected chi connectivity index (χ2v) is 32.6. The summed E-state index contributed by atoms with van der Waals surface area (Å²) >= 11 is 0. The SMILES string of the molecule is c1ccc(-c2cccc(-c3nc(-c4ccc(-c5ccc6c(c5)Oc5cc(-c7cccc(-c8nc(-c9ccc(-c%10ccc%11c(c%10)Oc%10ccccc%10C%11%10c%11ccccc%11-c%11ccccc%11%10)cc9)nc(-c9ccc(-c%10cccc%11c%10oc%10ccccc%10%11)cc9)n8)c7)ccc5C65c6ccccc6-c6ccccc65)cc4)nc(-c4cccc(-c5ccccc5)c4)n3)c2)cc1. The Bertz CT molecular complexity index is 7790. The first-order valence-electron chi connectivity index (χ1n) is 42.3. The lowest BCUT2D eigenvalue weighted by molar-refractivity contribution is 0.436. The molecule has 3 aromatic heterocycles. The molecule has 9 nitrogen and oxygen atoms in total. The van der Waals surface area contributed by atoms with Gasteiger partial charge in [0.2, 0.25) is 0 Å². The van der Waals surface area contributed by atoms with Gasteiger partial charge in [0.05, 0.1) is 10.8 Å². The molecule has 582 valence electrons. The molecular formula is C116H70N6O3. The Labute approximate surface area is 721 Å². The lowest BCUT2D eigenvalue weighted by Crippen LogP contribution is -2.32. The van der Waals surface area contributed by atoms with Crippen LogP contribution in [0, 0.1) is 0 Å². The van der Waals surface area contributed by atoms with Gasteiger partial charge in [0.25, 0.3) is 0 Å². The number of hydrogen-bond acceptors (Lipinski definition) is 9. The van der Waals surface area contributed by atoms with E-state index in [0.717, 1.165) is 167 Å². The van der Waals surface area contributed by atoms with Crippen molar-refractivity contribution in [2.24, 2.45) is 0 Å². The van der Waals surface area contributed by atoms with Gasteiger partial charge in [-0.25, -0.2) is 29.9 Å². The minimum absolute atomic E-state index is 0.530. The Kier molecular flexibility index (Phi) is 16.3. The van der Waals surface area contributed by atoms with E-state index in [4.69, 9.17) is 43.8 Å². The highest BCUT2D eigenvalue weighted by atomic mass is 16.5. The number of ether oxygens (including phenoxy) is 2. The van der Waals surface area contributed by atoms with Crippen molar-refractivity contribution in [2.75, 3.05) is 0 Å². The van der Waals surface area contributed by atoms with E-state index in [-0.39, 0.29) is 0 Å². The van der Waals surface area contributed by atoms with Crippen molar-refractivity contribution in [3.63, 3.8) is 0 Å². The van der Waals surface area contributed by atoms with E-state index in [2.05, 4.69) is 400 Å². The lowest BCUT2D eigenvalue weighted by atomic mass is 9.65. The number of aromatic nitrogens is 6. The van der Waals surface area contributed by atoms with Crippen molar-refractivity contribution < 1.29 is 13.9 Å². The van der Waals surface area contributed by atoms with E-state index in [1.165, 1.54) is 44.5 Å². The standard InChI is InChI=1S/C116H70N6O3/c1-3-23-71(24-4-1)79-27-19-30-85(65-79)113-120-111(121-114(122-113)86-31-20-28-80(66-86)72-25-5-2-6-26-72)77-55-49-74(50-56-77)83-60-63-101-106(69-83)124-107-70-84(61-64-102(107)116(101)97-42-14-9-35-91(97)92-36-10-15-43-98(92)116)81-29-21-32-87(67-81)112-118-109(117-110(119-112)78-57-51-75(52-58-78)88-38-22-39-94-93-37-11-17-45-103(93)125-108(88)94)76-53-47-73(48-54-76)82-59-62-100-105(68-82)123-104-46-18-16-44-99(104)115(100)95-40-12-7-33-89(95)90-34-8-13-41-96(90)115/h1-70H. The molecular weight excluding hydrogens is 1530 g/mol. The topological polar surface area (TPSA) is 109 Å². The summed E-state index contributed by atoms with van der Waals surface area (Å²) in [4.78, 5) is 31.9. The highest BCUT2D eigenvalue weighted by Crippen LogP contribution is 2.65. The minimum Gasteiger partial charge on any atom is -0.457 e. The van der Waals surface area contributed by atoms with Gasteiger partial charge in [-0.15, -0.1) is 0 Å². The van der Waals surface area contributed by atoms with Gasteiger partial charge in [-0.2, -0.15) is 0 Å². The van der Waals surface area contributed by atoms with E-state index >= 15 is 0 Å². The summed E-state index contributed by atoms with van der Waals surface area (Å²) in [5, 5.41) is 2.16. The molecule has 0 fully saturated rings. The zero-order valence-corrected chi connectivity index (χ0v) is 67.3. The van der Waals surface area contributed by atoms with Crippen LogP contribution < -0.4 is 9.47 Å². The molecule has 0 radical (unpaired) electrons. The summed E-state index contributed by atoms with van der Waals surface area (Å²) in [6.07, 6.45) is 0. The Hall–Kier alpha value is -16.6. The Morgan fingerprint density at radius 3 is 0.856 bits per heavy atom. The Balaban J connectivity index is 0.577. The van der Waals surface area contributed by atoms with Crippen LogP contribution in [0.15, 0.2) is 429 Å². The normalized spacial score (nSPS) is 13.1. The van der Waals surface area contributed by atoms with Gasteiger partial charge in [-0.05, 0) is 154 Å². The van der Waals surface area contributed by atoms with E-state index < -0.39 is 10.8 Å². The molecule has 0 atom stereocenters. The molecule has 0 saturated heterocycles. The maximum atomic E-state index is 7.46. The van der Waals surface area contributed by atoms with Crippen molar-refractivity contribution in [2.45, 2.75) is 10.8 Å². The van der Waals surface area contributed by atoms with Crippen LogP contribution in [0.5, 0.6) is 23.0 Å². The second-order valence-electron chi connectivity index (χ2n) is 32.6. The van der Waals surface area contributed by atoms with Crippen LogP contribution in [-0.4, -0.2) is 29.9 Å². The largest absolute Gasteiger partial charge is 0.457 e. The molecule has 21 aromatic rings. The number of rotatable bonds is 12. The van der Waals surface area contributed by atoms with Gasteiger partial charge in [-0.1, -0.05) is 376 Å². The summed E-state index contributed by atoms with van der Waals surface area (Å²) in [5.41, 5.74) is 32.2. The average molecular weight is 1600 g/mol. The van der Waals surface area contributed by atoms with Crippen molar-refractivity contribution in [1.82, 2.24) is 29.9 Å². The molecule has 0 amide bonds. The first-order chi connectivity index (χ1) is 61.9. The molecule has 125 heavy (non-hydrogen) atoms. The van der Waals surface area contributed by atoms with Crippen LogP contribution in [-0.2, 0) is 10.8 Å². The maximum absolute atomic E-state index is 7.46. The summed E-state index contributed by atoms with van der Waals surface area (Å²) in [6.45, 7) is 0. The molecule has 5 heterocycles. The predicted octanol–water partition coefficient (Wildman–Crippen LogP) is 28.9. The zero-order chi connectivity index (χ0) is 82.3. The monoisotopic (exact) mass is 1590 g/mol. The van der Waals surface area contributed by atoms with Crippen LogP contribution in [0.4, 0.5) is 0 Å². The summed E-state index contributed by atoms with van der Waals surface area (Å²) in [5.74, 6) is 6.57. The fraction of sp³-hybridized carbons (Fsp3) is 0.0172. The quantitative estimate of drug-likeness (QED) is 0.118. The van der Waals surface area contributed by atoms with Gasteiger partial charge in [0, 0.05) is 72.0 Å². The van der Waals surface area contributed by atoms with Crippen LogP contribution in [0.2, 0.25) is 0 Å². The third-order valence-corrected chi connectivity index (χ3v) is 25.8. The molecule has 0 unspecified atom stereocenters. The van der Waals surface area contributed by atoms with Crippen molar-refractivity contribution in [3.8, 4) is 180 Å². The first kappa shape index (κ1) is 71.3. The van der Waals surface area contributed by atoms with Gasteiger partial charge < -0.3 is 13.9 Å². The highest BCUT2D eigenvalue weighted by molar-refractivity contribution is 6.09. The van der Waals surface area contributed by atoms with E-state index in [1.54, 1.807) is 0 Å². The summed E-state index contributed by atoms with van der Waals surface area (Å²) < 4.78 is 21.0. The van der Waals surface area contributed by atoms with Crippen LogP contribution in [0.25, 0.3) is 179 Å². The van der Waals surface area contributed by atoms with Crippen molar-refractivity contribution in [1.29, 1.82) is 0 Å². The predicted molar refractivity (Wildman–Crippen MR) is 500 cm³/mol. The van der Waals surface area contributed by atoms with Gasteiger partial charge in [0.1, 0.15) is 34.2 Å². The highest BCUT2D eigenvalue weighted by Gasteiger charge is 2.53.